The molecule has 1 aliphatic carbocycles. The zero-order valence-electron chi connectivity index (χ0n) is 12.6. The Hall–Kier alpha value is -2.10. The summed E-state index contributed by atoms with van der Waals surface area (Å²) in [5, 5.41) is 9.40. The van der Waals surface area contributed by atoms with Crippen molar-refractivity contribution in [3.8, 4) is 0 Å². The second-order valence-corrected chi connectivity index (χ2v) is 6.07. The molecule has 4 nitrogen and oxygen atoms in total. The highest BCUT2D eigenvalue weighted by Crippen LogP contribution is 2.32. The van der Waals surface area contributed by atoms with E-state index in [4.69, 9.17) is 0 Å². The van der Waals surface area contributed by atoms with E-state index in [1.807, 2.05) is 35.3 Å². The molecule has 0 radical (unpaired) electrons. The van der Waals surface area contributed by atoms with Crippen LogP contribution in [0.5, 0.6) is 0 Å². The van der Waals surface area contributed by atoms with Crippen molar-refractivity contribution >= 4 is 17.6 Å². The third-order valence-electron chi connectivity index (χ3n) is 4.69. The molecule has 1 aromatic carbocycles. The maximum absolute atomic E-state index is 13.0. The monoisotopic (exact) mass is 299 g/mol. The van der Waals surface area contributed by atoms with E-state index < -0.39 is 17.8 Å². The molecule has 0 fully saturated rings. The number of hydrogen-bond donors (Lipinski definition) is 1. The maximum atomic E-state index is 13.0. The van der Waals surface area contributed by atoms with Gasteiger partial charge in [-0.3, -0.25) is 9.59 Å². The number of rotatable bonds is 2. The molecule has 116 valence electrons. The van der Waals surface area contributed by atoms with Gasteiger partial charge in [-0.05, 0) is 43.7 Å². The lowest BCUT2D eigenvalue weighted by atomic mass is 9.82. The summed E-state index contributed by atoms with van der Waals surface area (Å²) in [6.45, 7) is 0.683. The number of carboxylic acids is 1. The van der Waals surface area contributed by atoms with Gasteiger partial charge in [-0.1, -0.05) is 30.4 Å². The Morgan fingerprint density at radius 2 is 1.77 bits per heavy atom. The zero-order valence-corrected chi connectivity index (χ0v) is 12.6. The van der Waals surface area contributed by atoms with Gasteiger partial charge in [0.2, 0.25) is 5.91 Å². The van der Waals surface area contributed by atoms with Crippen molar-refractivity contribution in [2.24, 2.45) is 11.8 Å². The number of nitrogens with zero attached hydrogens (tertiary/aromatic N) is 1. The lowest BCUT2D eigenvalue weighted by Gasteiger charge is -2.31. The van der Waals surface area contributed by atoms with Crippen molar-refractivity contribution in [1.82, 2.24) is 0 Å². The van der Waals surface area contributed by atoms with Crippen LogP contribution in [0.1, 0.15) is 31.2 Å². The van der Waals surface area contributed by atoms with Gasteiger partial charge in [-0.25, -0.2) is 0 Å². The number of carbonyl (C=O) groups excluding carboxylic acids is 1. The van der Waals surface area contributed by atoms with Gasteiger partial charge in [0.25, 0.3) is 0 Å². The van der Waals surface area contributed by atoms with Gasteiger partial charge >= 0.3 is 5.97 Å². The zero-order chi connectivity index (χ0) is 15.5. The molecule has 1 aliphatic heterocycles. The molecule has 0 spiro atoms. The summed E-state index contributed by atoms with van der Waals surface area (Å²) >= 11 is 0. The molecular weight excluding hydrogens is 278 g/mol. The van der Waals surface area contributed by atoms with Crippen LogP contribution in [0.3, 0.4) is 0 Å². The summed E-state index contributed by atoms with van der Waals surface area (Å²) in [6, 6.07) is 7.99. The highest BCUT2D eigenvalue weighted by atomic mass is 16.4. The minimum atomic E-state index is -0.870. The van der Waals surface area contributed by atoms with Crippen LogP contribution in [0.25, 0.3) is 0 Å². The Morgan fingerprint density at radius 3 is 2.55 bits per heavy atom. The topological polar surface area (TPSA) is 57.6 Å². The van der Waals surface area contributed by atoms with Crippen LogP contribution in [0.4, 0.5) is 5.69 Å². The van der Waals surface area contributed by atoms with E-state index in [1.54, 1.807) is 0 Å². The fourth-order valence-corrected chi connectivity index (χ4v) is 3.48. The minimum Gasteiger partial charge on any atom is -0.481 e. The van der Waals surface area contributed by atoms with Gasteiger partial charge in [0, 0.05) is 12.2 Å². The quantitative estimate of drug-likeness (QED) is 0.854. The summed E-state index contributed by atoms with van der Waals surface area (Å²) < 4.78 is 0. The van der Waals surface area contributed by atoms with E-state index in [2.05, 4.69) is 6.07 Å². The van der Waals surface area contributed by atoms with Crippen molar-refractivity contribution in [2.45, 2.75) is 32.1 Å². The van der Waals surface area contributed by atoms with Gasteiger partial charge < -0.3 is 10.0 Å². The van der Waals surface area contributed by atoms with E-state index in [-0.39, 0.29) is 5.91 Å². The Bertz CT molecular complexity index is 608. The van der Waals surface area contributed by atoms with Gasteiger partial charge in [0.05, 0.1) is 11.8 Å². The van der Waals surface area contributed by atoms with Crippen molar-refractivity contribution in [3.63, 3.8) is 0 Å². The van der Waals surface area contributed by atoms with Gasteiger partial charge in [0.15, 0.2) is 0 Å². The van der Waals surface area contributed by atoms with E-state index in [9.17, 15) is 14.7 Å². The number of carbonyl (C=O) groups is 2. The Morgan fingerprint density at radius 1 is 1.05 bits per heavy atom. The van der Waals surface area contributed by atoms with Crippen molar-refractivity contribution in [1.29, 1.82) is 0 Å². The number of para-hydroxylation sites is 1. The summed E-state index contributed by atoms with van der Waals surface area (Å²) in [5.41, 5.74) is 2.15. The predicted octanol–water partition coefficient (Wildman–Crippen LogP) is 3.02. The number of hydrogen-bond acceptors (Lipinski definition) is 2. The van der Waals surface area contributed by atoms with Crippen LogP contribution in [0, 0.1) is 11.8 Å². The highest BCUT2D eigenvalue weighted by molar-refractivity contribution is 5.98. The smallest absolute Gasteiger partial charge is 0.307 e. The molecule has 0 bridgehead atoms. The molecule has 0 saturated heterocycles. The fourth-order valence-electron chi connectivity index (χ4n) is 3.48. The molecule has 1 N–H and O–H groups in total. The van der Waals surface area contributed by atoms with Gasteiger partial charge in [0.1, 0.15) is 0 Å². The summed E-state index contributed by atoms with van der Waals surface area (Å²) in [4.78, 5) is 26.3. The van der Waals surface area contributed by atoms with Crippen LogP contribution < -0.4 is 4.90 Å². The van der Waals surface area contributed by atoms with E-state index in [1.165, 1.54) is 5.56 Å². The molecule has 2 aliphatic rings. The Balaban J connectivity index is 1.91. The third kappa shape index (κ3) is 2.78. The number of amides is 1. The molecule has 0 aromatic heterocycles. The molecule has 4 heteroatoms. The normalized spacial score (nSPS) is 24.5. The van der Waals surface area contributed by atoms with Crippen molar-refractivity contribution in [2.75, 3.05) is 11.4 Å². The molecule has 1 amide bonds. The largest absolute Gasteiger partial charge is 0.481 e. The predicted molar refractivity (Wildman–Crippen MR) is 84.7 cm³/mol. The number of allylic oxidation sites excluding steroid dienone is 2. The summed E-state index contributed by atoms with van der Waals surface area (Å²) in [6.07, 6.45) is 7.78. The molecule has 22 heavy (non-hydrogen) atoms. The molecule has 0 saturated carbocycles. The molecule has 1 heterocycles. The summed E-state index contributed by atoms with van der Waals surface area (Å²) in [7, 11) is 0. The summed E-state index contributed by atoms with van der Waals surface area (Å²) in [5.74, 6) is -1.96. The average Bonchev–Trinajstić information content (AvgIpc) is 2.76. The van der Waals surface area contributed by atoms with E-state index >= 15 is 0 Å². The second kappa shape index (κ2) is 6.34. The number of anilines is 1. The SMILES string of the molecule is O=C(O)[C@@H]1CC=CC[C@@H]1C(=O)N1CCCCc2ccccc21. The molecular formula is C18H21NO3. The Labute approximate surface area is 130 Å². The molecule has 3 rings (SSSR count). The van der Waals surface area contributed by atoms with Gasteiger partial charge in [-0.15, -0.1) is 0 Å². The Kier molecular flexibility index (Phi) is 4.27. The number of benzene rings is 1. The fraction of sp³-hybridized carbons (Fsp3) is 0.444. The lowest BCUT2D eigenvalue weighted by molar-refractivity contribution is -0.146. The number of aryl methyl sites for hydroxylation is 1. The van der Waals surface area contributed by atoms with Crippen LogP contribution in [-0.4, -0.2) is 23.5 Å². The van der Waals surface area contributed by atoms with Crippen molar-refractivity contribution < 1.29 is 14.7 Å². The molecule has 1 aromatic rings. The molecule has 2 atom stereocenters. The third-order valence-corrected chi connectivity index (χ3v) is 4.69. The first-order valence-electron chi connectivity index (χ1n) is 7.95. The number of aliphatic carboxylic acids is 1. The van der Waals surface area contributed by atoms with Gasteiger partial charge in [-0.2, -0.15) is 0 Å². The van der Waals surface area contributed by atoms with E-state index in [0.29, 0.717) is 19.4 Å². The van der Waals surface area contributed by atoms with Crippen LogP contribution in [0.2, 0.25) is 0 Å². The van der Waals surface area contributed by atoms with Crippen molar-refractivity contribution in [3.05, 3.63) is 42.0 Å². The number of fused-ring (bicyclic) bond motifs is 1. The first-order valence-corrected chi connectivity index (χ1v) is 7.95. The van der Waals surface area contributed by atoms with Crippen LogP contribution in [0.15, 0.2) is 36.4 Å². The standard InChI is InChI=1S/C18H21NO3/c20-17(14-9-2-3-10-15(14)18(21)22)19-12-6-5-8-13-7-1-4-11-16(13)19/h1-4,7,11,14-15H,5-6,8-10,12H2,(H,21,22)/t14-,15+/m0/s1. The second-order valence-electron chi connectivity index (χ2n) is 6.07. The first-order chi connectivity index (χ1) is 10.7. The maximum Gasteiger partial charge on any atom is 0.307 e. The minimum absolute atomic E-state index is 0.0360. The highest BCUT2D eigenvalue weighted by Gasteiger charge is 2.37. The first kappa shape index (κ1) is 14.8. The molecule has 0 unspecified atom stereocenters. The average molecular weight is 299 g/mol. The van der Waals surface area contributed by atoms with E-state index in [0.717, 1.165) is 24.9 Å². The van der Waals surface area contributed by atoms with Crippen LogP contribution >= 0.6 is 0 Å². The lowest BCUT2D eigenvalue weighted by Crippen LogP contribution is -2.42. The number of carboxylic acid groups (broad SMARTS) is 1. The van der Waals surface area contributed by atoms with Crippen LogP contribution in [-0.2, 0) is 16.0 Å².